The predicted molar refractivity (Wildman–Crippen MR) is 51.9 cm³/mol. The van der Waals surface area contributed by atoms with Gasteiger partial charge in [-0.2, -0.15) is 22.0 Å². The van der Waals surface area contributed by atoms with Crippen LogP contribution in [0.25, 0.3) is 0 Å². The van der Waals surface area contributed by atoms with Crippen LogP contribution < -0.4 is 11.5 Å². The maximum absolute atomic E-state index is 12.9. The van der Waals surface area contributed by atoms with Crippen LogP contribution >= 0.6 is 0 Å². The van der Waals surface area contributed by atoms with Gasteiger partial charge in [-0.05, 0) is 12.1 Å². The second-order valence-electron chi connectivity index (χ2n) is 3.16. The number of guanidine groups is 1. The molecule has 0 aliphatic carbocycles. The quantitative estimate of drug-likeness (QED) is 0.482. The van der Waals surface area contributed by atoms with Crippen molar-refractivity contribution in [3.8, 4) is 0 Å². The average molecular weight is 253 g/mol. The Hall–Kier alpha value is -1.86. The van der Waals surface area contributed by atoms with E-state index in [4.69, 9.17) is 11.5 Å². The Bertz CT molecular complexity index is 435. The van der Waals surface area contributed by atoms with Crippen LogP contribution in [-0.4, -0.2) is 12.1 Å². The van der Waals surface area contributed by atoms with E-state index in [9.17, 15) is 22.0 Å². The molecule has 0 atom stereocenters. The Kier molecular flexibility index (Phi) is 3.25. The topological polar surface area (TPSA) is 64.4 Å². The summed E-state index contributed by atoms with van der Waals surface area (Å²) in [7, 11) is 0. The second-order valence-corrected chi connectivity index (χ2v) is 3.16. The molecule has 0 aliphatic rings. The lowest BCUT2D eigenvalue weighted by molar-refractivity contribution is -0.289. The SMILES string of the molecule is NC(N)=Nc1cccc(C(F)(F)C(F)(F)F)c1. The Labute approximate surface area is 92.9 Å². The van der Waals surface area contributed by atoms with E-state index in [2.05, 4.69) is 4.99 Å². The molecule has 3 nitrogen and oxygen atoms in total. The van der Waals surface area contributed by atoms with E-state index < -0.39 is 23.6 Å². The van der Waals surface area contributed by atoms with Crippen molar-refractivity contribution < 1.29 is 22.0 Å². The van der Waals surface area contributed by atoms with Crippen molar-refractivity contribution in [3.63, 3.8) is 0 Å². The monoisotopic (exact) mass is 253 g/mol. The molecule has 0 unspecified atom stereocenters. The minimum atomic E-state index is -5.66. The first-order valence-corrected chi connectivity index (χ1v) is 4.29. The van der Waals surface area contributed by atoms with Crippen molar-refractivity contribution in [3.05, 3.63) is 29.8 Å². The van der Waals surface area contributed by atoms with Gasteiger partial charge in [-0.15, -0.1) is 0 Å². The molecule has 4 N–H and O–H groups in total. The number of benzene rings is 1. The molecule has 17 heavy (non-hydrogen) atoms. The lowest BCUT2D eigenvalue weighted by Crippen LogP contribution is -2.33. The van der Waals surface area contributed by atoms with Crippen molar-refractivity contribution in [2.75, 3.05) is 0 Å². The number of alkyl halides is 5. The maximum Gasteiger partial charge on any atom is 0.458 e. The summed E-state index contributed by atoms with van der Waals surface area (Å²) in [4.78, 5) is 3.39. The molecule has 1 aromatic carbocycles. The molecule has 0 saturated carbocycles. The molecule has 1 aromatic rings. The summed E-state index contributed by atoms with van der Waals surface area (Å²) < 4.78 is 62.1. The van der Waals surface area contributed by atoms with E-state index in [1.807, 2.05) is 0 Å². The maximum atomic E-state index is 12.9. The minimum Gasteiger partial charge on any atom is -0.370 e. The zero-order chi connectivity index (χ0) is 13.3. The normalized spacial score (nSPS) is 12.3. The van der Waals surface area contributed by atoms with Crippen LogP contribution in [-0.2, 0) is 5.92 Å². The minimum absolute atomic E-state index is 0.175. The highest BCUT2D eigenvalue weighted by Crippen LogP contribution is 2.44. The van der Waals surface area contributed by atoms with Gasteiger partial charge in [-0.1, -0.05) is 12.1 Å². The van der Waals surface area contributed by atoms with Gasteiger partial charge in [0.25, 0.3) is 0 Å². The third-order valence-electron chi connectivity index (χ3n) is 1.82. The zero-order valence-corrected chi connectivity index (χ0v) is 8.30. The van der Waals surface area contributed by atoms with E-state index in [1.54, 1.807) is 0 Å². The average Bonchev–Trinajstić information content (AvgIpc) is 2.15. The van der Waals surface area contributed by atoms with Gasteiger partial charge < -0.3 is 11.5 Å². The Balaban J connectivity index is 3.21. The van der Waals surface area contributed by atoms with Crippen molar-refractivity contribution in [2.45, 2.75) is 12.1 Å². The fourth-order valence-electron chi connectivity index (χ4n) is 1.08. The summed E-state index contributed by atoms with van der Waals surface area (Å²) >= 11 is 0. The van der Waals surface area contributed by atoms with Crippen molar-refractivity contribution in [2.24, 2.45) is 16.5 Å². The van der Waals surface area contributed by atoms with Crippen molar-refractivity contribution in [1.82, 2.24) is 0 Å². The molecule has 0 spiro atoms. The van der Waals surface area contributed by atoms with Gasteiger partial charge in [0.1, 0.15) is 0 Å². The number of nitrogens with zero attached hydrogens (tertiary/aromatic N) is 1. The van der Waals surface area contributed by atoms with Gasteiger partial charge in [0, 0.05) is 5.56 Å². The molecule has 0 amide bonds. The lowest BCUT2D eigenvalue weighted by Gasteiger charge is -2.19. The number of aliphatic imine (C=N–C) groups is 1. The molecule has 0 radical (unpaired) electrons. The highest BCUT2D eigenvalue weighted by molar-refractivity contribution is 5.79. The largest absolute Gasteiger partial charge is 0.458 e. The molecule has 1 rings (SSSR count). The predicted octanol–water partition coefficient (Wildman–Crippen LogP) is 2.25. The Morgan fingerprint density at radius 3 is 2.12 bits per heavy atom. The molecule has 0 aromatic heterocycles. The number of hydrogen-bond donors (Lipinski definition) is 2. The Morgan fingerprint density at radius 2 is 1.65 bits per heavy atom. The van der Waals surface area contributed by atoms with Gasteiger partial charge in [-0.25, -0.2) is 4.99 Å². The fraction of sp³-hybridized carbons (Fsp3) is 0.222. The number of rotatable bonds is 2. The number of halogens is 5. The smallest absolute Gasteiger partial charge is 0.370 e. The van der Waals surface area contributed by atoms with E-state index >= 15 is 0 Å². The van der Waals surface area contributed by atoms with E-state index in [-0.39, 0.29) is 5.69 Å². The third kappa shape index (κ3) is 2.83. The van der Waals surface area contributed by atoms with Gasteiger partial charge >= 0.3 is 12.1 Å². The van der Waals surface area contributed by atoms with Crippen LogP contribution in [0.5, 0.6) is 0 Å². The van der Waals surface area contributed by atoms with Gasteiger partial charge in [0.05, 0.1) is 5.69 Å². The standard InChI is InChI=1S/C9H8F5N3/c10-8(11,9(12,13)14)5-2-1-3-6(4-5)17-7(15)16/h1-4H,(H4,15,16,17). The summed E-state index contributed by atoms with van der Waals surface area (Å²) in [6.07, 6.45) is -5.66. The number of hydrogen-bond acceptors (Lipinski definition) is 1. The molecule has 8 heteroatoms. The van der Waals surface area contributed by atoms with Crippen LogP contribution in [0.2, 0.25) is 0 Å². The molecule has 0 bridgehead atoms. The first kappa shape index (κ1) is 13.2. The first-order valence-electron chi connectivity index (χ1n) is 4.29. The summed E-state index contributed by atoms with van der Waals surface area (Å²) in [5.74, 6) is -5.38. The summed E-state index contributed by atoms with van der Waals surface area (Å²) in [6, 6.07) is 3.44. The second kappa shape index (κ2) is 4.19. The molecular weight excluding hydrogens is 245 g/mol. The van der Waals surface area contributed by atoms with Crippen LogP contribution in [0, 0.1) is 0 Å². The van der Waals surface area contributed by atoms with Crippen LogP contribution in [0.4, 0.5) is 27.6 Å². The summed E-state index contributed by atoms with van der Waals surface area (Å²) in [5, 5.41) is 0. The van der Waals surface area contributed by atoms with E-state index in [1.165, 1.54) is 6.07 Å². The molecular formula is C9H8F5N3. The first-order chi connectivity index (χ1) is 7.64. The molecule has 0 fully saturated rings. The van der Waals surface area contributed by atoms with Crippen LogP contribution in [0.15, 0.2) is 29.3 Å². The van der Waals surface area contributed by atoms with Crippen LogP contribution in [0.3, 0.4) is 0 Å². The number of nitrogens with two attached hydrogens (primary N) is 2. The summed E-state index contributed by atoms with van der Waals surface area (Å²) in [6.45, 7) is 0. The van der Waals surface area contributed by atoms with Gasteiger partial charge in [0.2, 0.25) is 0 Å². The van der Waals surface area contributed by atoms with Crippen molar-refractivity contribution >= 4 is 11.6 Å². The molecule has 0 heterocycles. The Morgan fingerprint density at radius 1 is 1.06 bits per heavy atom. The van der Waals surface area contributed by atoms with E-state index in [0.717, 1.165) is 6.07 Å². The zero-order valence-electron chi connectivity index (χ0n) is 8.30. The third-order valence-corrected chi connectivity index (χ3v) is 1.82. The van der Waals surface area contributed by atoms with Crippen molar-refractivity contribution in [1.29, 1.82) is 0 Å². The molecule has 94 valence electrons. The van der Waals surface area contributed by atoms with Gasteiger partial charge in [0.15, 0.2) is 5.96 Å². The highest BCUT2D eigenvalue weighted by atomic mass is 19.4. The lowest BCUT2D eigenvalue weighted by atomic mass is 10.1. The van der Waals surface area contributed by atoms with Gasteiger partial charge in [-0.3, -0.25) is 0 Å². The highest BCUT2D eigenvalue weighted by Gasteiger charge is 2.58. The fourth-order valence-corrected chi connectivity index (χ4v) is 1.08. The van der Waals surface area contributed by atoms with Crippen LogP contribution in [0.1, 0.15) is 5.56 Å². The molecule has 0 saturated heterocycles. The molecule has 0 aliphatic heterocycles. The summed E-state index contributed by atoms with van der Waals surface area (Å²) in [5.41, 5.74) is 8.58. The van der Waals surface area contributed by atoms with E-state index in [0.29, 0.717) is 12.1 Å².